The lowest BCUT2D eigenvalue weighted by atomic mass is 10.1. The van der Waals surface area contributed by atoms with Gasteiger partial charge in [0.25, 0.3) is 0 Å². The van der Waals surface area contributed by atoms with Gasteiger partial charge in [0, 0.05) is 23.9 Å². The molecule has 0 bridgehead atoms. The molecule has 0 N–H and O–H groups in total. The van der Waals surface area contributed by atoms with Gasteiger partial charge in [0.2, 0.25) is 5.88 Å². The van der Waals surface area contributed by atoms with Gasteiger partial charge in [0.1, 0.15) is 17.7 Å². The van der Waals surface area contributed by atoms with Crippen LogP contribution in [0.3, 0.4) is 0 Å². The molecule has 1 saturated carbocycles. The average molecular weight is 549 g/mol. The predicted octanol–water partition coefficient (Wildman–Crippen LogP) is 4.67. The Morgan fingerprint density at radius 1 is 1.02 bits per heavy atom. The molecule has 204 valence electrons. The summed E-state index contributed by atoms with van der Waals surface area (Å²) in [6.07, 6.45) is 3.55. The summed E-state index contributed by atoms with van der Waals surface area (Å²) in [5.74, 6) is 1.50. The molecule has 0 amide bonds. The van der Waals surface area contributed by atoms with Gasteiger partial charge >= 0.3 is 6.18 Å². The van der Waals surface area contributed by atoms with Crippen molar-refractivity contribution in [1.82, 2.24) is 39.3 Å². The fraction of sp³-hybridized carbons (Fsp3) is 0.333. The molecule has 4 aromatic heterocycles. The van der Waals surface area contributed by atoms with E-state index >= 15 is 0 Å². The highest BCUT2D eigenvalue weighted by molar-refractivity contribution is 5.77. The summed E-state index contributed by atoms with van der Waals surface area (Å²) in [5, 5.41) is 5.27. The van der Waals surface area contributed by atoms with Crippen LogP contribution in [0.15, 0.2) is 49.2 Å². The van der Waals surface area contributed by atoms with Gasteiger partial charge in [-0.1, -0.05) is 24.3 Å². The molecule has 0 unspecified atom stereocenters. The number of benzene rings is 1. The Bertz CT molecular complexity index is 1710. The molecule has 10 nitrogen and oxygen atoms in total. The van der Waals surface area contributed by atoms with Gasteiger partial charge in [-0.05, 0) is 18.4 Å². The van der Waals surface area contributed by atoms with Crippen molar-refractivity contribution < 1.29 is 22.6 Å². The topological polar surface area (TPSA) is 106 Å². The first-order valence-corrected chi connectivity index (χ1v) is 12.8. The Morgan fingerprint density at radius 3 is 2.50 bits per heavy atom. The minimum absolute atomic E-state index is 0.170. The number of alkyl halides is 3. The monoisotopic (exact) mass is 548 g/mol. The Balaban J connectivity index is 1.20. The van der Waals surface area contributed by atoms with E-state index in [0.29, 0.717) is 54.2 Å². The highest BCUT2D eigenvalue weighted by atomic mass is 19.4. The predicted molar refractivity (Wildman–Crippen MR) is 136 cm³/mol. The summed E-state index contributed by atoms with van der Waals surface area (Å²) in [4.78, 5) is 22.0. The van der Waals surface area contributed by atoms with Gasteiger partial charge < -0.3 is 14.0 Å². The molecule has 2 aliphatic rings. The first-order valence-electron chi connectivity index (χ1n) is 12.8. The molecular formula is C27H23F3N8O2. The maximum Gasteiger partial charge on any atom is 0.434 e. The molecule has 2 fully saturated rings. The third kappa shape index (κ3) is 4.35. The standard InChI is InChI=1S/C27H23F3N8O2/c1-39-26-21(22(16-6-7-16)32-14-33-26)23-31-8-18-9-34-38(25(18)36-23)10-15-2-4-17(5-3-15)24-35-20(27(28,29)30)11-37(24)19-12-40-13-19/h2-5,8-9,11,14,16,19H,6-7,10,12-13H2,1H3. The zero-order chi connectivity index (χ0) is 27.4. The summed E-state index contributed by atoms with van der Waals surface area (Å²) < 4.78 is 54.2. The quantitative estimate of drug-likeness (QED) is 0.289. The van der Waals surface area contributed by atoms with Crippen LogP contribution in [0.4, 0.5) is 13.2 Å². The van der Waals surface area contributed by atoms with Crippen LogP contribution in [0.1, 0.15) is 41.8 Å². The van der Waals surface area contributed by atoms with Crippen LogP contribution >= 0.6 is 0 Å². The fourth-order valence-corrected chi connectivity index (χ4v) is 4.85. The number of methoxy groups -OCH3 is 1. The molecule has 7 rings (SSSR count). The number of fused-ring (bicyclic) bond motifs is 1. The number of imidazole rings is 1. The number of aromatic nitrogens is 8. The lowest BCUT2D eigenvalue weighted by Crippen LogP contribution is -2.30. The van der Waals surface area contributed by atoms with Gasteiger partial charge in [-0.3, -0.25) is 0 Å². The van der Waals surface area contributed by atoms with Crippen LogP contribution in [0.2, 0.25) is 0 Å². The van der Waals surface area contributed by atoms with E-state index in [1.54, 1.807) is 40.9 Å². The third-order valence-electron chi connectivity index (χ3n) is 7.18. The van der Waals surface area contributed by atoms with Crippen molar-refractivity contribution in [2.75, 3.05) is 20.3 Å². The number of hydrogen-bond donors (Lipinski definition) is 0. The van der Waals surface area contributed by atoms with E-state index in [-0.39, 0.29) is 11.9 Å². The summed E-state index contributed by atoms with van der Waals surface area (Å²) in [7, 11) is 1.56. The van der Waals surface area contributed by atoms with E-state index in [1.807, 2.05) is 12.1 Å². The van der Waals surface area contributed by atoms with Gasteiger partial charge in [-0.15, -0.1) is 0 Å². The molecule has 0 spiro atoms. The fourth-order valence-electron chi connectivity index (χ4n) is 4.85. The molecule has 5 aromatic rings. The second kappa shape index (κ2) is 9.37. The maximum atomic E-state index is 13.4. The van der Waals surface area contributed by atoms with Crippen LogP contribution < -0.4 is 4.74 Å². The normalized spacial score (nSPS) is 15.9. The zero-order valence-corrected chi connectivity index (χ0v) is 21.3. The SMILES string of the molecule is COc1ncnc(C2CC2)c1-c1ncc2cnn(Cc3ccc(-c4nc(C(F)(F)F)cn4C4COC4)cc3)c2n1. The number of nitrogens with zero attached hydrogens (tertiary/aromatic N) is 8. The largest absolute Gasteiger partial charge is 0.480 e. The minimum atomic E-state index is -4.53. The second-order valence-corrected chi connectivity index (χ2v) is 9.94. The van der Waals surface area contributed by atoms with Crippen LogP contribution in [-0.2, 0) is 17.5 Å². The molecule has 0 atom stereocenters. The zero-order valence-electron chi connectivity index (χ0n) is 21.3. The van der Waals surface area contributed by atoms with E-state index in [0.717, 1.165) is 35.7 Å². The third-order valence-corrected chi connectivity index (χ3v) is 7.18. The number of ether oxygens (including phenoxy) is 2. The van der Waals surface area contributed by atoms with E-state index in [4.69, 9.17) is 14.5 Å². The molecule has 0 radical (unpaired) electrons. The molecule has 1 aromatic carbocycles. The number of halogens is 3. The van der Waals surface area contributed by atoms with E-state index < -0.39 is 11.9 Å². The molecule has 40 heavy (non-hydrogen) atoms. The Kier molecular flexibility index (Phi) is 5.77. The van der Waals surface area contributed by atoms with Gasteiger partial charge in [-0.2, -0.15) is 18.3 Å². The van der Waals surface area contributed by atoms with E-state index in [2.05, 4.69) is 25.0 Å². The van der Waals surface area contributed by atoms with Crippen molar-refractivity contribution in [3.8, 4) is 28.7 Å². The van der Waals surface area contributed by atoms with Crippen molar-refractivity contribution in [2.24, 2.45) is 0 Å². The smallest absolute Gasteiger partial charge is 0.434 e. The van der Waals surface area contributed by atoms with Gasteiger partial charge in [0.15, 0.2) is 17.2 Å². The summed E-state index contributed by atoms with van der Waals surface area (Å²) >= 11 is 0. The second-order valence-electron chi connectivity index (χ2n) is 9.94. The minimum Gasteiger partial charge on any atom is -0.480 e. The van der Waals surface area contributed by atoms with Crippen molar-refractivity contribution in [2.45, 2.75) is 37.5 Å². The molecule has 1 aliphatic heterocycles. The molecule has 1 aliphatic carbocycles. The molecular weight excluding hydrogens is 525 g/mol. The van der Waals surface area contributed by atoms with Gasteiger partial charge in [0.05, 0.1) is 50.2 Å². The van der Waals surface area contributed by atoms with Crippen LogP contribution in [0.5, 0.6) is 5.88 Å². The lowest BCUT2D eigenvalue weighted by Gasteiger charge is -2.28. The first-order chi connectivity index (χ1) is 19.4. The molecule has 5 heterocycles. The van der Waals surface area contributed by atoms with Crippen molar-refractivity contribution >= 4 is 11.0 Å². The summed E-state index contributed by atoms with van der Waals surface area (Å²) in [6, 6.07) is 7.08. The summed E-state index contributed by atoms with van der Waals surface area (Å²) in [5.41, 5.74) is 2.78. The highest BCUT2D eigenvalue weighted by Crippen LogP contribution is 2.45. The van der Waals surface area contributed by atoms with Crippen LogP contribution in [-0.4, -0.2) is 59.6 Å². The van der Waals surface area contributed by atoms with Gasteiger partial charge in [-0.25, -0.2) is 29.6 Å². The van der Waals surface area contributed by atoms with E-state index in [1.165, 1.54) is 6.33 Å². The van der Waals surface area contributed by atoms with Crippen LogP contribution in [0.25, 0.3) is 33.8 Å². The number of hydrogen-bond acceptors (Lipinski definition) is 8. The van der Waals surface area contributed by atoms with Crippen molar-refractivity contribution in [1.29, 1.82) is 0 Å². The molecule has 1 saturated heterocycles. The Morgan fingerprint density at radius 2 is 1.82 bits per heavy atom. The number of rotatable bonds is 7. The maximum absolute atomic E-state index is 13.4. The van der Waals surface area contributed by atoms with E-state index in [9.17, 15) is 13.2 Å². The Labute approximate surface area is 225 Å². The Hall–Kier alpha value is -4.39. The highest BCUT2D eigenvalue weighted by Gasteiger charge is 2.37. The average Bonchev–Trinajstić information content (AvgIpc) is 3.56. The summed E-state index contributed by atoms with van der Waals surface area (Å²) in [6.45, 7) is 1.12. The lowest BCUT2D eigenvalue weighted by molar-refractivity contribution is -0.141. The van der Waals surface area contributed by atoms with Crippen LogP contribution in [0, 0.1) is 0 Å². The first kappa shape index (κ1) is 24.6. The van der Waals surface area contributed by atoms with Crippen molar-refractivity contribution in [3.63, 3.8) is 0 Å². The van der Waals surface area contributed by atoms with Crippen molar-refractivity contribution in [3.05, 3.63) is 66.1 Å². The molecule has 13 heteroatoms.